The maximum atomic E-state index is 13.4. The summed E-state index contributed by atoms with van der Waals surface area (Å²) < 4.78 is 19.2. The number of carbonyl (C=O) groups excluding carboxylic acids is 2. The number of likely N-dealkylation sites (tertiary alicyclic amines) is 1. The maximum absolute atomic E-state index is 13.4. The molecule has 0 bridgehead atoms. The van der Waals surface area contributed by atoms with Crippen molar-refractivity contribution in [2.45, 2.75) is 38.3 Å². The van der Waals surface area contributed by atoms with Gasteiger partial charge in [-0.15, -0.1) is 0 Å². The van der Waals surface area contributed by atoms with E-state index in [4.69, 9.17) is 16.3 Å². The number of piperidine rings is 1. The average Bonchev–Trinajstić information content (AvgIpc) is 2.76. The number of hydrogen-bond acceptors (Lipinski definition) is 4. The Balaban J connectivity index is 1.56. The number of rotatable bonds is 7. The lowest BCUT2D eigenvalue weighted by Crippen LogP contribution is -2.40. The molecular formula is C23H26ClFN2O4. The number of halogens is 2. The third-order valence-electron chi connectivity index (χ3n) is 5.29. The molecule has 2 aromatic rings. The normalized spacial score (nSPS) is 14.4. The standard InChI is InChI=1S/C23H26ClFN2O4/c1-26(22(29)8-9-23(30)27-12-10-17(28)11-13-27)15-16-4-2-3-5-21(16)31-18-6-7-20(25)19(24)14-18/h2-7,14,17,28H,8-13,15H2,1H3. The Bertz CT molecular complexity index is 932. The molecule has 6 nitrogen and oxygen atoms in total. The molecule has 0 radical (unpaired) electrons. The van der Waals surface area contributed by atoms with Crippen LogP contribution in [0.15, 0.2) is 42.5 Å². The zero-order valence-electron chi connectivity index (χ0n) is 17.4. The molecule has 0 aliphatic carbocycles. The number of amides is 2. The van der Waals surface area contributed by atoms with Crippen LogP contribution >= 0.6 is 11.6 Å². The Morgan fingerprint density at radius 1 is 1.19 bits per heavy atom. The summed E-state index contributed by atoms with van der Waals surface area (Å²) in [7, 11) is 1.68. The van der Waals surface area contributed by atoms with Crippen LogP contribution in [-0.2, 0) is 16.1 Å². The molecule has 1 saturated heterocycles. The van der Waals surface area contributed by atoms with Gasteiger partial charge >= 0.3 is 0 Å². The van der Waals surface area contributed by atoms with Gasteiger partial charge in [-0.05, 0) is 31.0 Å². The minimum Gasteiger partial charge on any atom is -0.457 e. The number of ether oxygens (including phenoxy) is 1. The molecule has 8 heteroatoms. The van der Waals surface area contributed by atoms with Crippen LogP contribution in [0.5, 0.6) is 11.5 Å². The third-order valence-corrected chi connectivity index (χ3v) is 5.58. The number of aliphatic hydroxyl groups is 1. The van der Waals surface area contributed by atoms with Crippen molar-refractivity contribution >= 4 is 23.4 Å². The summed E-state index contributed by atoms with van der Waals surface area (Å²) in [6.45, 7) is 1.36. The highest BCUT2D eigenvalue weighted by atomic mass is 35.5. The molecule has 1 fully saturated rings. The van der Waals surface area contributed by atoms with E-state index in [2.05, 4.69) is 0 Å². The van der Waals surface area contributed by atoms with E-state index < -0.39 is 5.82 Å². The van der Waals surface area contributed by atoms with Crippen molar-refractivity contribution in [1.82, 2.24) is 9.80 Å². The summed E-state index contributed by atoms with van der Waals surface area (Å²) in [5, 5.41) is 9.52. The molecule has 0 unspecified atom stereocenters. The van der Waals surface area contributed by atoms with Crippen LogP contribution in [0.4, 0.5) is 4.39 Å². The van der Waals surface area contributed by atoms with E-state index in [0.29, 0.717) is 44.0 Å². The van der Waals surface area contributed by atoms with Crippen LogP contribution in [0.25, 0.3) is 0 Å². The summed E-state index contributed by atoms with van der Waals surface area (Å²) in [5.41, 5.74) is 0.773. The van der Waals surface area contributed by atoms with Gasteiger partial charge in [-0.1, -0.05) is 29.8 Å². The van der Waals surface area contributed by atoms with E-state index in [1.165, 1.54) is 18.2 Å². The molecule has 1 aliphatic heterocycles. The summed E-state index contributed by atoms with van der Waals surface area (Å²) in [6.07, 6.45) is 1.08. The first-order chi connectivity index (χ1) is 14.8. The Hall–Kier alpha value is -2.64. The lowest BCUT2D eigenvalue weighted by Gasteiger charge is -2.29. The fraction of sp³-hybridized carbons (Fsp3) is 0.391. The van der Waals surface area contributed by atoms with Gasteiger partial charge in [0, 0.05) is 51.2 Å². The van der Waals surface area contributed by atoms with E-state index in [1.54, 1.807) is 29.0 Å². The Morgan fingerprint density at radius 3 is 2.61 bits per heavy atom. The van der Waals surface area contributed by atoms with Crippen LogP contribution < -0.4 is 4.74 Å². The zero-order valence-corrected chi connectivity index (χ0v) is 18.1. The molecule has 1 N–H and O–H groups in total. The van der Waals surface area contributed by atoms with Crippen LogP contribution in [0, 0.1) is 5.82 Å². The molecule has 0 saturated carbocycles. The molecule has 2 aromatic carbocycles. The van der Waals surface area contributed by atoms with Gasteiger partial charge in [0.15, 0.2) is 0 Å². The molecule has 0 aromatic heterocycles. The van der Waals surface area contributed by atoms with Crippen LogP contribution in [-0.4, -0.2) is 53.0 Å². The second-order valence-electron chi connectivity index (χ2n) is 7.65. The molecular weight excluding hydrogens is 423 g/mol. The van der Waals surface area contributed by atoms with Crippen molar-refractivity contribution in [3.05, 3.63) is 58.9 Å². The molecule has 0 atom stereocenters. The number of hydrogen-bond donors (Lipinski definition) is 1. The summed E-state index contributed by atoms with van der Waals surface area (Å²) in [6, 6.07) is 11.4. The molecule has 1 aliphatic rings. The summed E-state index contributed by atoms with van der Waals surface area (Å²) in [5.74, 6) is 0.191. The fourth-order valence-corrected chi connectivity index (χ4v) is 3.59. The van der Waals surface area contributed by atoms with Gasteiger partial charge in [0.2, 0.25) is 11.8 Å². The second kappa shape index (κ2) is 10.6. The Morgan fingerprint density at radius 2 is 1.90 bits per heavy atom. The Kier molecular flexibility index (Phi) is 7.87. The van der Waals surface area contributed by atoms with Crippen molar-refractivity contribution in [2.75, 3.05) is 20.1 Å². The van der Waals surface area contributed by atoms with Crippen LogP contribution in [0.2, 0.25) is 5.02 Å². The lowest BCUT2D eigenvalue weighted by molar-refractivity contribution is -0.137. The molecule has 0 spiro atoms. The molecule has 31 heavy (non-hydrogen) atoms. The average molecular weight is 449 g/mol. The van der Waals surface area contributed by atoms with Crippen molar-refractivity contribution < 1.29 is 23.8 Å². The first kappa shape index (κ1) is 23.0. The highest BCUT2D eigenvalue weighted by Gasteiger charge is 2.22. The lowest BCUT2D eigenvalue weighted by atomic mass is 10.1. The van der Waals surface area contributed by atoms with Crippen molar-refractivity contribution in [2.24, 2.45) is 0 Å². The number of nitrogens with zero attached hydrogens (tertiary/aromatic N) is 2. The zero-order chi connectivity index (χ0) is 22.4. The number of para-hydroxylation sites is 1. The molecule has 166 valence electrons. The summed E-state index contributed by atoms with van der Waals surface area (Å²) in [4.78, 5) is 28.1. The van der Waals surface area contributed by atoms with Crippen LogP contribution in [0.1, 0.15) is 31.2 Å². The number of carbonyl (C=O) groups is 2. The van der Waals surface area contributed by atoms with Gasteiger partial charge in [-0.3, -0.25) is 9.59 Å². The number of aliphatic hydroxyl groups excluding tert-OH is 1. The van der Waals surface area contributed by atoms with Crippen molar-refractivity contribution in [3.8, 4) is 11.5 Å². The maximum Gasteiger partial charge on any atom is 0.223 e. The second-order valence-corrected chi connectivity index (χ2v) is 8.05. The summed E-state index contributed by atoms with van der Waals surface area (Å²) >= 11 is 5.82. The smallest absolute Gasteiger partial charge is 0.223 e. The van der Waals surface area contributed by atoms with E-state index in [0.717, 1.165) is 5.56 Å². The topological polar surface area (TPSA) is 70.1 Å². The van der Waals surface area contributed by atoms with E-state index in [9.17, 15) is 19.1 Å². The molecule has 1 heterocycles. The van der Waals surface area contributed by atoms with Crippen molar-refractivity contribution in [3.63, 3.8) is 0 Å². The van der Waals surface area contributed by atoms with Gasteiger partial charge in [0.1, 0.15) is 17.3 Å². The largest absolute Gasteiger partial charge is 0.457 e. The van der Waals surface area contributed by atoms with Crippen LogP contribution in [0.3, 0.4) is 0 Å². The van der Waals surface area contributed by atoms with E-state index >= 15 is 0 Å². The quantitative estimate of drug-likeness (QED) is 0.695. The van der Waals surface area contributed by atoms with Crippen molar-refractivity contribution in [1.29, 1.82) is 0 Å². The SMILES string of the molecule is CN(Cc1ccccc1Oc1ccc(F)c(Cl)c1)C(=O)CCC(=O)N1CCC(O)CC1. The first-order valence-corrected chi connectivity index (χ1v) is 10.6. The third kappa shape index (κ3) is 6.42. The van der Waals surface area contributed by atoms with Gasteiger partial charge in [0.25, 0.3) is 0 Å². The van der Waals surface area contributed by atoms with Gasteiger partial charge in [-0.25, -0.2) is 4.39 Å². The number of benzene rings is 2. The predicted octanol–water partition coefficient (Wildman–Crippen LogP) is 3.99. The van der Waals surface area contributed by atoms with Gasteiger partial charge in [-0.2, -0.15) is 0 Å². The van der Waals surface area contributed by atoms with E-state index in [1.807, 2.05) is 12.1 Å². The Labute approximate surface area is 186 Å². The monoisotopic (exact) mass is 448 g/mol. The minimum absolute atomic E-state index is 0.0323. The first-order valence-electron chi connectivity index (χ1n) is 10.2. The minimum atomic E-state index is -0.525. The van der Waals surface area contributed by atoms with Gasteiger partial charge in [0.05, 0.1) is 11.1 Å². The predicted molar refractivity (Wildman–Crippen MR) is 115 cm³/mol. The molecule has 2 amide bonds. The molecule has 3 rings (SSSR count). The highest BCUT2D eigenvalue weighted by molar-refractivity contribution is 6.30. The fourth-order valence-electron chi connectivity index (χ4n) is 3.42. The highest BCUT2D eigenvalue weighted by Crippen LogP contribution is 2.29. The van der Waals surface area contributed by atoms with Gasteiger partial charge < -0.3 is 19.6 Å². The van der Waals surface area contributed by atoms with E-state index in [-0.39, 0.29) is 35.8 Å².